The summed E-state index contributed by atoms with van der Waals surface area (Å²) in [6.07, 6.45) is 1.20. The second-order valence-corrected chi connectivity index (χ2v) is 5.29. The maximum absolute atomic E-state index is 14.7. The Kier molecular flexibility index (Phi) is 3.88. The number of aromatic nitrogens is 1. The summed E-state index contributed by atoms with van der Waals surface area (Å²) in [5.41, 5.74) is 5.86. The van der Waals surface area contributed by atoms with Gasteiger partial charge >= 0.3 is 5.97 Å². The lowest BCUT2D eigenvalue weighted by Crippen LogP contribution is -2.09. The summed E-state index contributed by atoms with van der Waals surface area (Å²) in [7, 11) is 1.19. The summed E-state index contributed by atoms with van der Waals surface area (Å²) < 4.78 is 19.2. The van der Waals surface area contributed by atoms with E-state index in [1.807, 2.05) is 18.2 Å². The Labute approximate surface area is 136 Å². The van der Waals surface area contributed by atoms with Crippen LogP contribution in [-0.2, 0) is 4.74 Å². The monoisotopic (exact) mass is 330 g/mol. The fraction of sp³-hybridized carbons (Fsp3) is 0.0588. The lowest BCUT2D eigenvalue weighted by Gasteiger charge is -2.11. The Morgan fingerprint density at radius 1 is 1.26 bits per heavy atom. The predicted molar refractivity (Wildman–Crippen MR) is 87.9 cm³/mol. The number of nitrogens with zero attached hydrogens (tertiary/aromatic N) is 1. The van der Waals surface area contributed by atoms with Crippen LogP contribution in [-0.4, -0.2) is 18.1 Å². The van der Waals surface area contributed by atoms with Crippen LogP contribution in [0.5, 0.6) is 0 Å². The van der Waals surface area contributed by atoms with E-state index < -0.39 is 11.8 Å². The second kappa shape index (κ2) is 5.85. The van der Waals surface area contributed by atoms with Crippen LogP contribution in [0, 0.1) is 5.82 Å². The van der Waals surface area contributed by atoms with Crippen molar-refractivity contribution in [2.45, 2.75) is 0 Å². The lowest BCUT2D eigenvalue weighted by atomic mass is 10.0. The third-order valence-corrected chi connectivity index (χ3v) is 3.89. The second-order valence-electron chi connectivity index (χ2n) is 4.88. The Bertz CT molecular complexity index is 923. The number of esters is 1. The Hall–Kier alpha value is -2.66. The number of nitrogen functional groups attached to an aromatic ring is 1. The van der Waals surface area contributed by atoms with Crippen molar-refractivity contribution in [2.75, 3.05) is 12.8 Å². The van der Waals surface area contributed by atoms with Crippen LogP contribution < -0.4 is 5.73 Å². The van der Waals surface area contributed by atoms with E-state index in [0.717, 1.165) is 5.39 Å². The van der Waals surface area contributed by atoms with Gasteiger partial charge in [0.15, 0.2) is 5.82 Å². The van der Waals surface area contributed by atoms with E-state index >= 15 is 0 Å². The maximum atomic E-state index is 14.7. The molecule has 0 saturated carbocycles. The molecule has 0 aliphatic rings. The smallest absolute Gasteiger partial charge is 0.341 e. The summed E-state index contributed by atoms with van der Waals surface area (Å²) in [6.45, 7) is 0. The molecule has 0 spiro atoms. The van der Waals surface area contributed by atoms with E-state index in [1.54, 1.807) is 18.2 Å². The molecule has 3 aromatic rings. The van der Waals surface area contributed by atoms with Gasteiger partial charge in [-0.1, -0.05) is 41.9 Å². The number of carbonyl (C=O) groups is 1. The summed E-state index contributed by atoms with van der Waals surface area (Å²) in [5.74, 6) is -1.52. The largest absolute Gasteiger partial charge is 0.465 e. The molecule has 0 fully saturated rings. The number of rotatable bonds is 2. The fourth-order valence-electron chi connectivity index (χ4n) is 2.45. The minimum Gasteiger partial charge on any atom is -0.465 e. The molecule has 0 unspecified atom stereocenters. The van der Waals surface area contributed by atoms with Crippen LogP contribution >= 0.6 is 11.6 Å². The average Bonchev–Trinajstić information content (AvgIpc) is 2.56. The fourth-order valence-corrected chi connectivity index (χ4v) is 2.74. The SMILES string of the molecule is COC(=O)c1cnc(-c2cccc3cccc(Cl)c23)c(F)c1N. The van der Waals surface area contributed by atoms with E-state index in [2.05, 4.69) is 9.72 Å². The first-order chi connectivity index (χ1) is 11.0. The van der Waals surface area contributed by atoms with E-state index in [9.17, 15) is 9.18 Å². The Balaban J connectivity index is 2.29. The number of halogens is 2. The standard InChI is InChI=1S/C17H12ClFN2O2/c1-23-17(22)11-8-21-16(14(19)15(11)20)10-6-2-4-9-5-3-7-12(18)13(9)10/h2-8H,1H3,(H2,20,21). The predicted octanol–water partition coefficient (Wildman–Crippen LogP) is 4.06. The highest BCUT2D eigenvalue weighted by Crippen LogP contribution is 2.35. The number of benzene rings is 2. The highest BCUT2D eigenvalue weighted by Gasteiger charge is 2.20. The average molecular weight is 331 g/mol. The molecule has 2 aromatic carbocycles. The van der Waals surface area contributed by atoms with Gasteiger partial charge in [-0.05, 0) is 11.5 Å². The zero-order chi connectivity index (χ0) is 16.6. The molecule has 0 aliphatic heterocycles. The van der Waals surface area contributed by atoms with Crippen molar-refractivity contribution in [1.29, 1.82) is 0 Å². The summed E-state index contributed by atoms with van der Waals surface area (Å²) in [5, 5.41) is 2.01. The number of anilines is 1. The van der Waals surface area contributed by atoms with E-state index in [0.29, 0.717) is 16.0 Å². The minimum absolute atomic E-state index is 0.0360. The van der Waals surface area contributed by atoms with Gasteiger partial charge in [-0.15, -0.1) is 0 Å². The molecule has 0 aliphatic carbocycles. The van der Waals surface area contributed by atoms with Crippen LogP contribution in [0.2, 0.25) is 5.02 Å². The Morgan fingerprint density at radius 3 is 2.65 bits per heavy atom. The molecular formula is C17H12ClFN2O2. The molecule has 3 rings (SSSR count). The van der Waals surface area contributed by atoms with Crippen LogP contribution in [0.4, 0.5) is 10.1 Å². The van der Waals surface area contributed by atoms with E-state index in [-0.39, 0.29) is 16.9 Å². The van der Waals surface area contributed by atoms with Crippen LogP contribution in [0.25, 0.3) is 22.0 Å². The first kappa shape index (κ1) is 15.2. The molecule has 0 amide bonds. The van der Waals surface area contributed by atoms with Gasteiger partial charge < -0.3 is 10.5 Å². The minimum atomic E-state index is -0.777. The van der Waals surface area contributed by atoms with Crippen molar-refractivity contribution in [3.8, 4) is 11.3 Å². The van der Waals surface area contributed by atoms with Crippen molar-refractivity contribution < 1.29 is 13.9 Å². The van der Waals surface area contributed by atoms with E-state index in [1.165, 1.54) is 13.3 Å². The summed E-state index contributed by atoms with van der Waals surface area (Å²) in [6, 6.07) is 10.8. The van der Waals surface area contributed by atoms with Crippen LogP contribution in [0.15, 0.2) is 42.6 Å². The molecule has 1 heterocycles. The molecule has 23 heavy (non-hydrogen) atoms. The van der Waals surface area contributed by atoms with Gasteiger partial charge in [0, 0.05) is 22.2 Å². The molecule has 2 N–H and O–H groups in total. The van der Waals surface area contributed by atoms with Crippen molar-refractivity contribution >= 4 is 34.0 Å². The quantitative estimate of drug-likeness (QED) is 0.719. The lowest BCUT2D eigenvalue weighted by molar-refractivity contribution is 0.0601. The highest BCUT2D eigenvalue weighted by molar-refractivity contribution is 6.36. The van der Waals surface area contributed by atoms with Gasteiger partial charge in [0.05, 0.1) is 12.8 Å². The van der Waals surface area contributed by atoms with Crippen LogP contribution in [0.1, 0.15) is 10.4 Å². The molecule has 1 aromatic heterocycles. The number of ether oxygens (including phenoxy) is 1. The molecule has 4 nitrogen and oxygen atoms in total. The first-order valence-electron chi connectivity index (χ1n) is 6.74. The number of hydrogen-bond acceptors (Lipinski definition) is 4. The molecule has 116 valence electrons. The van der Waals surface area contributed by atoms with Gasteiger partial charge in [0.1, 0.15) is 11.3 Å². The van der Waals surface area contributed by atoms with Crippen molar-refractivity contribution in [1.82, 2.24) is 4.98 Å². The number of hydrogen-bond donors (Lipinski definition) is 1. The number of carbonyl (C=O) groups excluding carboxylic acids is 1. The molecular weight excluding hydrogens is 319 g/mol. The zero-order valence-corrected chi connectivity index (χ0v) is 12.9. The van der Waals surface area contributed by atoms with Gasteiger partial charge in [0.25, 0.3) is 0 Å². The molecule has 0 saturated heterocycles. The maximum Gasteiger partial charge on any atom is 0.341 e. The molecule has 6 heteroatoms. The van der Waals surface area contributed by atoms with Gasteiger partial charge in [-0.2, -0.15) is 0 Å². The summed E-state index contributed by atoms with van der Waals surface area (Å²) >= 11 is 6.25. The number of pyridine rings is 1. The van der Waals surface area contributed by atoms with Gasteiger partial charge in [-0.3, -0.25) is 4.98 Å². The Morgan fingerprint density at radius 2 is 1.96 bits per heavy atom. The number of methoxy groups -OCH3 is 1. The third-order valence-electron chi connectivity index (χ3n) is 3.57. The third kappa shape index (κ3) is 2.49. The highest BCUT2D eigenvalue weighted by atomic mass is 35.5. The first-order valence-corrected chi connectivity index (χ1v) is 7.12. The molecule has 0 radical (unpaired) electrons. The zero-order valence-electron chi connectivity index (χ0n) is 12.1. The molecule has 0 bridgehead atoms. The topological polar surface area (TPSA) is 65.2 Å². The number of nitrogens with two attached hydrogens (primary N) is 1. The van der Waals surface area contributed by atoms with Gasteiger partial charge in [0.2, 0.25) is 0 Å². The van der Waals surface area contributed by atoms with Crippen molar-refractivity contribution in [3.63, 3.8) is 0 Å². The van der Waals surface area contributed by atoms with Crippen LogP contribution in [0.3, 0.4) is 0 Å². The number of fused-ring (bicyclic) bond motifs is 1. The van der Waals surface area contributed by atoms with Crippen molar-refractivity contribution in [2.24, 2.45) is 0 Å². The summed E-state index contributed by atoms with van der Waals surface area (Å²) in [4.78, 5) is 15.6. The van der Waals surface area contributed by atoms with Gasteiger partial charge in [-0.25, -0.2) is 9.18 Å². The van der Waals surface area contributed by atoms with Crippen molar-refractivity contribution in [3.05, 3.63) is 59.0 Å². The normalized spacial score (nSPS) is 10.7. The molecule has 0 atom stereocenters. The van der Waals surface area contributed by atoms with E-state index in [4.69, 9.17) is 17.3 Å².